The van der Waals surface area contributed by atoms with Gasteiger partial charge in [0.25, 0.3) is 0 Å². The maximum atomic E-state index is 10.1. The zero-order valence-electron chi connectivity index (χ0n) is 13.9. The van der Waals surface area contributed by atoms with Gasteiger partial charge in [-0.2, -0.15) is 0 Å². The summed E-state index contributed by atoms with van der Waals surface area (Å²) < 4.78 is 0. The average Bonchev–Trinajstić information content (AvgIpc) is 2.43. The van der Waals surface area contributed by atoms with Gasteiger partial charge in [-0.05, 0) is 70.6 Å². The van der Waals surface area contributed by atoms with Crippen LogP contribution in [-0.4, -0.2) is 21.9 Å². The lowest BCUT2D eigenvalue weighted by atomic mass is 10.0. The molecule has 0 spiro atoms. The molecule has 1 rings (SSSR count). The van der Waals surface area contributed by atoms with Crippen LogP contribution in [0.5, 0.6) is 11.5 Å². The van der Waals surface area contributed by atoms with Crippen molar-refractivity contribution in [1.82, 2.24) is 0 Å². The van der Waals surface area contributed by atoms with Gasteiger partial charge in [-0.15, -0.1) is 0 Å². The minimum atomic E-state index is 0.108. The monoisotopic (exact) mass is 304 g/mol. The molecule has 0 radical (unpaired) electrons. The Morgan fingerprint density at radius 1 is 1.05 bits per heavy atom. The Labute approximate surface area is 133 Å². The van der Waals surface area contributed by atoms with E-state index in [0.717, 1.165) is 18.4 Å². The van der Waals surface area contributed by atoms with Gasteiger partial charge in [0.15, 0.2) is 0 Å². The molecule has 1 aromatic carbocycles. The maximum absolute atomic E-state index is 10.1. The van der Waals surface area contributed by atoms with E-state index in [1.807, 2.05) is 0 Å². The van der Waals surface area contributed by atoms with Gasteiger partial charge in [-0.1, -0.05) is 23.3 Å². The van der Waals surface area contributed by atoms with Crippen LogP contribution in [0.2, 0.25) is 0 Å². The Balaban J connectivity index is 2.71. The number of rotatable bonds is 8. The summed E-state index contributed by atoms with van der Waals surface area (Å²) in [7, 11) is 0. The molecule has 3 N–H and O–H groups in total. The number of phenolic OH excluding ortho intramolecular Hbond substituents is 2. The summed E-state index contributed by atoms with van der Waals surface area (Å²) in [4.78, 5) is 0. The lowest BCUT2D eigenvalue weighted by Gasteiger charge is -2.09. The molecule has 3 heteroatoms. The van der Waals surface area contributed by atoms with E-state index >= 15 is 0 Å². The first-order valence-corrected chi connectivity index (χ1v) is 7.87. The van der Waals surface area contributed by atoms with Crippen molar-refractivity contribution in [3.8, 4) is 11.5 Å². The first kappa shape index (κ1) is 18.3. The lowest BCUT2D eigenvalue weighted by Crippen LogP contribution is -1.92. The van der Waals surface area contributed by atoms with Crippen molar-refractivity contribution in [2.24, 2.45) is 0 Å². The highest BCUT2D eigenvalue weighted by atomic mass is 16.3. The Hall–Kier alpha value is -1.74. The summed E-state index contributed by atoms with van der Waals surface area (Å²) in [5.41, 5.74) is 3.98. The molecule has 0 atom stereocenters. The fraction of sp³-hybridized carbons (Fsp3) is 0.474. The number of aryl methyl sites for hydroxylation is 1. The molecule has 0 fully saturated rings. The lowest BCUT2D eigenvalue weighted by molar-refractivity contribution is 0.288. The van der Waals surface area contributed by atoms with E-state index in [9.17, 15) is 10.2 Å². The first-order chi connectivity index (χ1) is 10.4. The van der Waals surface area contributed by atoms with Gasteiger partial charge in [0.2, 0.25) is 0 Å². The van der Waals surface area contributed by atoms with Crippen LogP contribution < -0.4 is 0 Å². The fourth-order valence-corrected chi connectivity index (χ4v) is 2.30. The average molecular weight is 304 g/mol. The second-order valence-electron chi connectivity index (χ2n) is 6.01. The highest BCUT2D eigenvalue weighted by Gasteiger charge is 2.09. The van der Waals surface area contributed by atoms with Crippen molar-refractivity contribution in [2.45, 2.75) is 52.9 Å². The van der Waals surface area contributed by atoms with E-state index in [-0.39, 0.29) is 18.1 Å². The van der Waals surface area contributed by atoms with Crippen molar-refractivity contribution in [3.63, 3.8) is 0 Å². The summed E-state index contributed by atoms with van der Waals surface area (Å²) >= 11 is 0. The number of aliphatic hydroxyl groups excluding tert-OH is 1. The molecule has 0 unspecified atom stereocenters. The number of hydrogen-bond acceptors (Lipinski definition) is 3. The fourth-order valence-electron chi connectivity index (χ4n) is 2.30. The maximum Gasteiger partial charge on any atom is 0.123 e. The number of phenols is 2. The highest BCUT2D eigenvalue weighted by molar-refractivity contribution is 5.47. The second-order valence-corrected chi connectivity index (χ2v) is 6.01. The van der Waals surface area contributed by atoms with Crippen LogP contribution in [0.4, 0.5) is 0 Å². The van der Waals surface area contributed by atoms with Gasteiger partial charge in [0.05, 0.1) is 0 Å². The second kappa shape index (κ2) is 9.31. The van der Waals surface area contributed by atoms with Gasteiger partial charge in [-0.25, -0.2) is 0 Å². The van der Waals surface area contributed by atoms with Gasteiger partial charge in [-0.3, -0.25) is 0 Å². The summed E-state index contributed by atoms with van der Waals surface area (Å²) in [5.74, 6) is 0.252. The summed E-state index contributed by atoms with van der Waals surface area (Å²) in [6, 6.07) is 3.36. The van der Waals surface area contributed by atoms with Gasteiger partial charge in [0.1, 0.15) is 11.5 Å². The van der Waals surface area contributed by atoms with Crippen LogP contribution in [0, 0.1) is 0 Å². The largest absolute Gasteiger partial charge is 0.508 e. The van der Waals surface area contributed by atoms with Crippen molar-refractivity contribution in [1.29, 1.82) is 0 Å². The molecule has 0 aliphatic heterocycles. The number of aromatic hydroxyl groups is 2. The van der Waals surface area contributed by atoms with Crippen LogP contribution >= 0.6 is 0 Å². The number of hydrogen-bond donors (Lipinski definition) is 3. The number of benzene rings is 1. The molecule has 0 saturated carbocycles. The third kappa shape index (κ3) is 6.35. The van der Waals surface area contributed by atoms with Crippen LogP contribution in [0.1, 0.15) is 51.2 Å². The molecule has 0 aromatic heterocycles. The number of aliphatic hydroxyl groups is 1. The Bertz CT molecular complexity index is 515. The molecule has 22 heavy (non-hydrogen) atoms. The molecule has 0 saturated heterocycles. The minimum absolute atomic E-state index is 0.108. The minimum Gasteiger partial charge on any atom is -0.508 e. The summed E-state index contributed by atoms with van der Waals surface area (Å²) in [6.07, 6.45) is 8.07. The van der Waals surface area contributed by atoms with Crippen LogP contribution in [-0.2, 0) is 12.8 Å². The summed E-state index contributed by atoms with van der Waals surface area (Å²) in [5, 5.41) is 29.0. The summed E-state index contributed by atoms with van der Waals surface area (Å²) in [6.45, 7) is 6.36. The zero-order valence-corrected chi connectivity index (χ0v) is 13.9. The molecular formula is C19H28O3. The molecule has 0 heterocycles. The molecule has 0 aliphatic carbocycles. The van der Waals surface area contributed by atoms with E-state index < -0.39 is 0 Å². The smallest absolute Gasteiger partial charge is 0.123 e. The van der Waals surface area contributed by atoms with E-state index in [1.165, 1.54) is 11.1 Å². The Morgan fingerprint density at radius 2 is 1.68 bits per heavy atom. The van der Waals surface area contributed by atoms with E-state index in [0.29, 0.717) is 24.8 Å². The van der Waals surface area contributed by atoms with E-state index in [4.69, 9.17) is 5.11 Å². The molecule has 1 aromatic rings. The molecule has 3 nitrogen and oxygen atoms in total. The zero-order chi connectivity index (χ0) is 16.5. The third-order valence-electron chi connectivity index (χ3n) is 3.63. The SMILES string of the molecule is CC(C)=CCC/C(C)=C/Cc1c(O)cc(CCCO)cc1O. The van der Waals surface area contributed by atoms with Crippen LogP contribution in [0.15, 0.2) is 35.4 Å². The van der Waals surface area contributed by atoms with E-state index in [2.05, 4.69) is 32.9 Å². The normalized spacial score (nSPS) is 11.5. The molecule has 0 amide bonds. The van der Waals surface area contributed by atoms with Crippen LogP contribution in [0.25, 0.3) is 0 Å². The Morgan fingerprint density at radius 3 is 2.23 bits per heavy atom. The highest BCUT2D eigenvalue weighted by Crippen LogP contribution is 2.30. The predicted molar refractivity (Wildman–Crippen MR) is 91.3 cm³/mol. The van der Waals surface area contributed by atoms with Crippen molar-refractivity contribution < 1.29 is 15.3 Å². The first-order valence-electron chi connectivity index (χ1n) is 7.87. The molecule has 122 valence electrons. The van der Waals surface area contributed by atoms with Crippen molar-refractivity contribution >= 4 is 0 Å². The third-order valence-corrected chi connectivity index (χ3v) is 3.63. The standard InChI is InChI=1S/C19H28O3/c1-14(2)6-4-7-15(3)9-10-17-18(21)12-16(8-5-11-20)13-19(17)22/h6,9,12-13,20-22H,4-5,7-8,10-11H2,1-3H3/b15-9+. The Kier molecular flexibility index (Phi) is 7.75. The molecule has 0 bridgehead atoms. The predicted octanol–water partition coefficient (Wildman–Crippen LogP) is 4.26. The number of allylic oxidation sites excluding steroid dienone is 4. The molecule has 0 aliphatic rings. The van der Waals surface area contributed by atoms with Crippen molar-refractivity contribution in [2.75, 3.05) is 6.61 Å². The molecular weight excluding hydrogens is 276 g/mol. The van der Waals surface area contributed by atoms with Crippen LogP contribution in [0.3, 0.4) is 0 Å². The topological polar surface area (TPSA) is 60.7 Å². The van der Waals surface area contributed by atoms with Crippen molar-refractivity contribution in [3.05, 3.63) is 46.6 Å². The van der Waals surface area contributed by atoms with Gasteiger partial charge < -0.3 is 15.3 Å². The van der Waals surface area contributed by atoms with E-state index in [1.54, 1.807) is 12.1 Å². The quantitative estimate of drug-likeness (QED) is 0.629. The van der Waals surface area contributed by atoms with Gasteiger partial charge in [0, 0.05) is 12.2 Å². The van der Waals surface area contributed by atoms with Gasteiger partial charge >= 0.3 is 0 Å².